The van der Waals surface area contributed by atoms with E-state index >= 15 is 0 Å². The van der Waals surface area contributed by atoms with E-state index in [1.165, 1.54) is 18.5 Å². The molecule has 31 heavy (non-hydrogen) atoms. The van der Waals surface area contributed by atoms with Gasteiger partial charge in [-0.1, -0.05) is 30.3 Å². The predicted octanol–water partition coefficient (Wildman–Crippen LogP) is 4.25. The Labute approximate surface area is 185 Å². The van der Waals surface area contributed by atoms with Crippen LogP contribution in [-0.2, 0) is 10.0 Å². The summed E-state index contributed by atoms with van der Waals surface area (Å²) >= 11 is 1.60. The Hall–Kier alpha value is -3.30. The first-order valence-electron chi connectivity index (χ1n) is 9.50. The van der Waals surface area contributed by atoms with Crippen LogP contribution >= 0.6 is 11.3 Å². The van der Waals surface area contributed by atoms with Crippen molar-refractivity contribution < 1.29 is 8.42 Å². The number of hydrogen-bond donors (Lipinski definition) is 0. The highest BCUT2D eigenvalue weighted by atomic mass is 32.2. The van der Waals surface area contributed by atoms with Crippen molar-refractivity contribution in [2.45, 2.75) is 11.8 Å². The molecule has 0 bridgehead atoms. The fourth-order valence-corrected chi connectivity index (χ4v) is 4.87. The monoisotopic (exact) mass is 451 g/mol. The van der Waals surface area contributed by atoms with Crippen molar-refractivity contribution in [2.24, 2.45) is 4.40 Å². The molecule has 0 fully saturated rings. The Morgan fingerprint density at radius 2 is 1.74 bits per heavy atom. The number of aryl methyl sites for hydroxylation is 1. The van der Waals surface area contributed by atoms with Gasteiger partial charge in [-0.05, 0) is 37.3 Å². The molecule has 0 aliphatic carbocycles. The van der Waals surface area contributed by atoms with Crippen molar-refractivity contribution >= 4 is 27.7 Å². The lowest BCUT2D eigenvalue weighted by molar-refractivity contribution is 0.594. The van der Waals surface area contributed by atoms with E-state index in [1.807, 2.05) is 49.5 Å². The Bertz CT molecular complexity index is 1320. The summed E-state index contributed by atoms with van der Waals surface area (Å²) in [6, 6.07) is 18.5. The van der Waals surface area contributed by atoms with Crippen LogP contribution in [-0.4, -0.2) is 48.5 Å². The Balaban J connectivity index is 1.59. The molecule has 0 saturated heterocycles. The molecule has 0 unspecified atom stereocenters. The summed E-state index contributed by atoms with van der Waals surface area (Å²) in [7, 11) is -0.303. The number of thiazole rings is 1. The molecule has 0 amide bonds. The first kappa shape index (κ1) is 21.0. The van der Waals surface area contributed by atoms with Gasteiger partial charge in [0.15, 0.2) is 0 Å². The summed E-state index contributed by atoms with van der Waals surface area (Å²) < 4.78 is 29.9. The molecule has 4 aromatic rings. The maximum atomic E-state index is 12.3. The second-order valence-electron chi connectivity index (χ2n) is 7.10. The number of aromatic nitrogens is 3. The van der Waals surface area contributed by atoms with Gasteiger partial charge in [-0.25, -0.2) is 9.67 Å². The molecule has 0 N–H and O–H groups in total. The molecule has 2 aromatic heterocycles. The zero-order chi connectivity index (χ0) is 22.0. The van der Waals surface area contributed by atoms with E-state index in [2.05, 4.69) is 9.50 Å². The van der Waals surface area contributed by atoms with Gasteiger partial charge in [0, 0.05) is 25.9 Å². The second kappa shape index (κ2) is 8.44. The molecule has 0 radical (unpaired) electrons. The van der Waals surface area contributed by atoms with Crippen molar-refractivity contribution in [2.75, 3.05) is 14.1 Å². The van der Waals surface area contributed by atoms with Gasteiger partial charge in [0.25, 0.3) is 10.0 Å². The molecule has 158 valence electrons. The zero-order valence-corrected chi connectivity index (χ0v) is 18.9. The van der Waals surface area contributed by atoms with Gasteiger partial charge in [-0.3, -0.25) is 0 Å². The fraction of sp³-hybridized carbons (Fsp3) is 0.136. The maximum absolute atomic E-state index is 12.3. The largest absolute Gasteiger partial charge is 0.368 e. The molecular formula is C22H21N5O2S2. The van der Waals surface area contributed by atoms with E-state index in [0.717, 1.165) is 32.5 Å². The summed E-state index contributed by atoms with van der Waals surface area (Å²) in [6.07, 6.45) is 3.12. The minimum atomic E-state index is -3.73. The summed E-state index contributed by atoms with van der Waals surface area (Å²) in [4.78, 5) is 7.41. The first-order chi connectivity index (χ1) is 14.8. The lowest BCUT2D eigenvalue weighted by atomic mass is 10.2. The van der Waals surface area contributed by atoms with Crippen LogP contribution in [0.5, 0.6) is 0 Å². The third kappa shape index (κ3) is 4.57. The summed E-state index contributed by atoms with van der Waals surface area (Å²) in [5.74, 6) is 0. The fourth-order valence-electron chi connectivity index (χ4n) is 2.92. The van der Waals surface area contributed by atoms with Gasteiger partial charge in [0.05, 0.1) is 21.2 Å². The average molecular weight is 452 g/mol. The molecular weight excluding hydrogens is 430 g/mol. The molecule has 0 spiro atoms. The zero-order valence-electron chi connectivity index (χ0n) is 17.3. The lowest BCUT2D eigenvalue weighted by Crippen LogP contribution is -2.10. The van der Waals surface area contributed by atoms with Crippen molar-refractivity contribution in [1.82, 2.24) is 19.7 Å². The van der Waals surface area contributed by atoms with Crippen LogP contribution in [0, 0.1) is 6.92 Å². The number of benzene rings is 2. The van der Waals surface area contributed by atoms with Crippen LogP contribution in [0.25, 0.3) is 26.8 Å². The standard InChI is InChI=1S/C22H21N5O2S2/c1-16-21(30-22(24-16)17-7-5-4-6-8-17)20-13-14-27(25-20)18-9-11-19(12-10-18)31(28,29)23-15-26(2)3/h4-15H,1-3H3/b23-15+. The Morgan fingerprint density at radius 1 is 1.03 bits per heavy atom. The second-order valence-corrected chi connectivity index (χ2v) is 9.73. The van der Waals surface area contributed by atoms with Crippen molar-refractivity contribution in [3.63, 3.8) is 0 Å². The molecule has 0 saturated carbocycles. The third-order valence-electron chi connectivity index (χ3n) is 4.46. The van der Waals surface area contributed by atoms with Crippen LogP contribution in [0.2, 0.25) is 0 Å². The Morgan fingerprint density at radius 3 is 2.42 bits per heavy atom. The van der Waals surface area contributed by atoms with E-state index in [0.29, 0.717) is 0 Å². The summed E-state index contributed by atoms with van der Waals surface area (Å²) in [5, 5.41) is 5.63. The van der Waals surface area contributed by atoms with Crippen LogP contribution in [0.15, 0.2) is 76.2 Å². The summed E-state index contributed by atoms with van der Waals surface area (Å²) in [6.45, 7) is 1.98. The summed E-state index contributed by atoms with van der Waals surface area (Å²) in [5.41, 5.74) is 3.58. The highest BCUT2D eigenvalue weighted by Crippen LogP contribution is 2.34. The molecule has 7 nitrogen and oxygen atoms in total. The normalized spacial score (nSPS) is 11.8. The van der Waals surface area contributed by atoms with E-state index in [9.17, 15) is 8.42 Å². The molecule has 9 heteroatoms. The van der Waals surface area contributed by atoms with E-state index < -0.39 is 10.0 Å². The van der Waals surface area contributed by atoms with Crippen molar-refractivity contribution in [3.8, 4) is 26.8 Å². The molecule has 2 aromatic carbocycles. The SMILES string of the molecule is Cc1nc(-c2ccccc2)sc1-c1ccn(-c2ccc(S(=O)(=O)/N=C/N(C)C)cc2)n1. The molecule has 0 atom stereocenters. The lowest BCUT2D eigenvalue weighted by Gasteiger charge is -2.05. The predicted molar refractivity (Wildman–Crippen MR) is 124 cm³/mol. The van der Waals surface area contributed by atoms with Crippen LogP contribution < -0.4 is 0 Å². The minimum Gasteiger partial charge on any atom is -0.368 e. The number of sulfonamides is 1. The van der Waals surface area contributed by atoms with E-state index in [4.69, 9.17) is 4.98 Å². The van der Waals surface area contributed by atoms with E-state index in [-0.39, 0.29) is 4.90 Å². The van der Waals surface area contributed by atoms with Crippen molar-refractivity contribution in [3.05, 3.63) is 72.6 Å². The maximum Gasteiger partial charge on any atom is 0.283 e. The smallest absolute Gasteiger partial charge is 0.283 e. The molecule has 0 aliphatic heterocycles. The highest BCUT2D eigenvalue weighted by Gasteiger charge is 2.15. The minimum absolute atomic E-state index is 0.132. The quantitative estimate of drug-likeness (QED) is 0.323. The van der Waals surface area contributed by atoms with Crippen LogP contribution in [0.3, 0.4) is 0 Å². The van der Waals surface area contributed by atoms with E-state index in [1.54, 1.807) is 47.1 Å². The number of nitrogens with zero attached hydrogens (tertiary/aromatic N) is 5. The number of rotatable bonds is 6. The average Bonchev–Trinajstić information content (AvgIpc) is 3.40. The van der Waals surface area contributed by atoms with Crippen LogP contribution in [0.1, 0.15) is 5.69 Å². The topological polar surface area (TPSA) is 80.4 Å². The van der Waals surface area contributed by atoms with Crippen molar-refractivity contribution in [1.29, 1.82) is 0 Å². The third-order valence-corrected chi connectivity index (χ3v) is 6.92. The van der Waals surface area contributed by atoms with Gasteiger partial charge < -0.3 is 4.90 Å². The molecule has 2 heterocycles. The Kier molecular flexibility index (Phi) is 5.71. The molecule has 4 rings (SSSR count). The van der Waals surface area contributed by atoms with Gasteiger partial charge in [-0.15, -0.1) is 15.7 Å². The highest BCUT2D eigenvalue weighted by molar-refractivity contribution is 7.90. The van der Waals surface area contributed by atoms with Crippen LogP contribution in [0.4, 0.5) is 0 Å². The van der Waals surface area contributed by atoms with Gasteiger partial charge in [-0.2, -0.15) is 13.5 Å². The van der Waals surface area contributed by atoms with Gasteiger partial charge in [0.1, 0.15) is 17.0 Å². The first-order valence-corrected chi connectivity index (χ1v) is 11.8. The van der Waals surface area contributed by atoms with Gasteiger partial charge in [0.2, 0.25) is 0 Å². The molecule has 0 aliphatic rings. The van der Waals surface area contributed by atoms with Gasteiger partial charge >= 0.3 is 0 Å². The number of hydrogen-bond acceptors (Lipinski definition) is 5.